The number of epoxide rings is 1. The van der Waals surface area contributed by atoms with Gasteiger partial charge in [-0.25, -0.2) is 0 Å². The first-order valence-corrected chi connectivity index (χ1v) is 23.7. The van der Waals surface area contributed by atoms with Crippen LogP contribution in [0.1, 0.15) is 67.4 Å². The van der Waals surface area contributed by atoms with Crippen LogP contribution in [0.4, 0.5) is 0 Å². The van der Waals surface area contributed by atoms with Gasteiger partial charge in [0, 0.05) is 38.0 Å². The molecule has 8 atom stereocenters. The maximum Gasteiger partial charge on any atom is 0.192 e. The van der Waals surface area contributed by atoms with Gasteiger partial charge >= 0.3 is 0 Å². The van der Waals surface area contributed by atoms with Gasteiger partial charge in [-0.2, -0.15) is 5.06 Å². The van der Waals surface area contributed by atoms with Crippen molar-refractivity contribution in [1.82, 2.24) is 5.06 Å². The Morgan fingerprint density at radius 3 is 2.04 bits per heavy atom. The van der Waals surface area contributed by atoms with Gasteiger partial charge in [-0.05, 0) is 67.3 Å². The van der Waals surface area contributed by atoms with E-state index in [1.807, 2.05) is 31.3 Å². The Labute approximate surface area is 300 Å². The number of hydroxylamine groups is 2. The summed E-state index contributed by atoms with van der Waals surface area (Å²) >= 11 is 0. The van der Waals surface area contributed by atoms with Crippen molar-refractivity contribution in [2.24, 2.45) is 17.8 Å². The molecule has 9 nitrogen and oxygen atoms in total. The average Bonchev–Trinajstić information content (AvgIpc) is 3.71. The molecule has 0 saturated carbocycles. The normalized spacial score (nSPS) is 22.7. The van der Waals surface area contributed by atoms with E-state index in [0.717, 1.165) is 11.3 Å². The molecule has 1 unspecified atom stereocenters. The number of rotatable bonds is 21. The van der Waals surface area contributed by atoms with Crippen LogP contribution >= 0.6 is 0 Å². The number of hydrogen-bond donors (Lipinski definition) is 2. The van der Waals surface area contributed by atoms with Crippen LogP contribution in [0.25, 0.3) is 0 Å². The summed E-state index contributed by atoms with van der Waals surface area (Å²) in [5.74, 6) is -0.230. The van der Waals surface area contributed by atoms with E-state index in [1.165, 1.54) is 0 Å². The summed E-state index contributed by atoms with van der Waals surface area (Å²) < 4.78 is 32.3. The highest BCUT2D eigenvalue weighted by Gasteiger charge is 2.64. The standard InChI is InChI=1S/C38H71NO8Si2/c1-17-30(32(40)22-23-39(10)43-12)33(41)31(26-45-48(13,14)36(3,4)5)35(47-49(15,16)37(6,7)8)38(9)34(46-38)27(2)24-44-25-28-18-20-29(42-11)21-19-28/h17-21,27,30-35,40-41H,1,22-26H2,2-16H3/t27-,30-,31-,32-,33+,34+,35-,38?/m0/s1. The van der Waals surface area contributed by atoms with Crippen LogP contribution in [0, 0.1) is 17.8 Å². The van der Waals surface area contributed by atoms with Gasteiger partial charge < -0.3 is 38.1 Å². The minimum Gasteiger partial charge on any atom is -0.497 e. The fourth-order valence-electron chi connectivity index (χ4n) is 5.74. The van der Waals surface area contributed by atoms with Gasteiger partial charge in [0.25, 0.3) is 0 Å². The minimum absolute atomic E-state index is 0.0291. The quantitative estimate of drug-likeness (QED) is 0.0580. The van der Waals surface area contributed by atoms with Crippen molar-refractivity contribution in [2.75, 3.05) is 41.0 Å². The first-order valence-electron chi connectivity index (χ1n) is 17.9. The number of ether oxygens (including phenoxy) is 3. The Bertz CT molecular complexity index is 1150. The number of aliphatic hydroxyl groups excluding tert-OH is 2. The number of methoxy groups -OCH3 is 1. The van der Waals surface area contributed by atoms with E-state index >= 15 is 0 Å². The van der Waals surface area contributed by atoms with Crippen molar-refractivity contribution in [2.45, 2.75) is 135 Å². The highest BCUT2D eigenvalue weighted by molar-refractivity contribution is 6.74. The summed E-state index contributed by atoms with van der Waals surface area (Å²) in [5, 5.41) is 25.3. The third kappa shape index (κ3) is 11.7. The molecule has 1 aromatic carbocycles. The van der Waals surface area contributed by atoms with Gasteiger partial charge in [-0.1, -0.05) is 66.7 Å². The molecule has 1 saturated heterocycles. The smallest absolute Gasteiger partial charge is 0.192 e. The van der Waals surface area contributed by atoms with Crippen LogP contribution in [0.3, 0.4) is 0 Å². The van der Waals surface area contributed by atoms with Crippen molar-refractivity contribution in [3.8, 4) is 5.75 Å². The molecule has 11 heteroatoms. The van der Waals surface area contributed by atoms with Gasteiger partial charge in [0.15, 0.2) is 16.6 Å². The lowest BCUT2D eigenvalue weighted by atomic mass is 9.78. The lowest BCUT2D eigenvalue weighted by molar-refractivity contribution is -0.120. The molecule has 1 heterocycles. The van der Waals surface area contributed by atoms with E-state index in [9.17, 15) is 10.2 Å². The molecule has 0 bridgehead atoms. The van der Waals surface area contributed by atoms with Crippen LogP contribution in [-0.2, 0) is 29.8 Å². The molecule has 1 aromatic rings. The molecule has 49 heavy (non-hydrogen) atoms. The van der Waals surface area contributed by atoms with Crippen molar-refractivity contribution in [1.29, 1.82) is 0 Å². The van der Waals surface area contributed by atoms with Crippen LogP contribution < -0.4 is 4.74 Å². The lowest BCUT2D eigenvalue weighted by Crippen LogP contribution is -2.57. The van der Waals surface area contributed by atoms with Gasteiger partial charge in [0.2, 0.25) is 0 Å². The molecule has 0 spiro atoms. The molecule has 0 aliphatic carbocycles. The lowest BCUT2D eigenvalue weighted by Gasteiger charge is -2.46. The van der Waals surface area contributed by atoms with Gasteiger partial charge in [-0.15, -0.1) is 6.58 Å². The highest BCUT2D eigenvalue weighted by atomic mass is 28.4. The molecule has 1 aliphatic heterocycles. The Morgan fingerprint density at radius 1 is 0.980 bits per heavy atom. The van der Waals surface area contributed by atoms with Gasteiger partial charge in [0.05, 0.1) is 51.8 Å². The molecular formula is C38H71NO8Si2. The topological polar surface area (TPSA) is 102 Å². The molecule has 0 amide bonds. The van der Waals surface area contributed by atoms with Crippen LogP contribution in [0.2, 0.25) is 36.3 Å². The second-order valence-electron chi connectivity index (χ2n) is 17.3. The predicted octanol–water partition coefficient (Wildman–Crippen LogP) is 7.44. The molecule has 2 rings (SSSR count). The molecule has 0 aromatic heterocycles. The maximum atomic E-state index is 12.4. The van der Waals surface area contributed by atoms with Crippen LogP contribution in [-0.4, -0.2) is 103 Å². The minimum atomic E-state index is -2.40. The van der Waals surface area contributed by atoms with Crippen molar-refractivity contribution < 1.29 is 38.1 Å². The zero-order valence-corrected chi connectivity index (χ0v) is 35.5. The van der Waals surface area contributed by atoms with E-state index < -0.39 is 52.4 Å². The number of benzene rings is 1. The fraction of sp³-hybridized carbons (Fsp3) is 0.789. The Hall–Kier alpha value is -1.13. The third-order valence-electron chi connectivity index (χ3n) is 11.4. The molecule has 2 N–H and O–H groups in total. The first kappa shape index (κ1) is 44.0. The molecule has 0 radical (unpaired) electrons. The van der Waals surface area contributed by atoms with E-state index in [1.54, 1.807) is 25.4 Å². The van der Waals surface area contributed by atoms with Gasteiger partial charge in [0.1, 0.15) is 11.4 Å². The monoisotopic (exact) mass is 725 g/mol. The zero-order chi connectivity index (χ0) is 37.6. The van der Waals surface area contributed by atoms with E-state index in [-0.39, 0.29) is 28.7 Å². The first-order chi connectivity index (χ1) is 22.5. The SMILES string of the molecule is C=C[C@H]([C@@H](O)[C@H](CO[Si](C)(C)C(C)(C)C)[C@H](O[Si](C)(C)C(C)(C)C)C1(C)O[C@@H]1[C@@H](C)COCc1ccc(OC)cc1)[C@@H](O)CCN(C)OC. The Morgan fingerprint density at radius 2 is 1.55 bits per heavy atom. The molecule has 1 aliphatic rings. The third-order valence-corrected chi connectivity index (χ3v) is 20.4. The highest BCUT2D eigenvalue weighted by Crippen LogP contribution is 2.51. The Kier molecular flexibility index (Phi) is 15.8. The second-order valence-corrected chi connectivity index (χ2v) is 26.9. The predicted molar refractivity (Wildman–Crippen MR) is 204 cm³/mol. The van der Waals surface area contributed by atoms with E-state index in [0.29, 0.717) is 26.2 Å². The Balaban J connectivity index is 2.47. The van der Waals surface area contributed by atoms with Crippen molar-refractivity contribution in [3.63, 3.8) is 0 Å². The van der Waals surface area contributed by atoms with Gasteiger partial charge in [-0.3, -0.25) is 0 Å². The summed E-state index contributed by atoms with van der Waals surface area (Å²) in [7, 11) is 0.449. The summed E-state index contributed by atoms with van der Waals surface area (Å²) in [6.45, 7) is 32.3. The van der Waals surface area contributed by atoms with Crippen molar-refractivity contribution in [3.05, 3.63) is 42.5 Å². The molecular weight excluding hydrogens is 655 g/mol. The van der Waals surface area contributed by atoms with E-state index in [4.69, 9.17) is 27.9 Å². The number of aliphatic hydroxyl groups is 2. The van der Waals surface area contributed by atoms with E-state index in [2.05, 4.69) is 88.2 Å². The van der Waals surface area contributed by atoms with Crippen LogP contribution in [0.5, 0.6) is 5.75 Å². The summed E-state index contributed by atoms with van der Waals surface area (Å²) in [6.07, 6.45) is -0.415. The van der Waals surface area contributed by atoms with Crippen LogP contribution in [0.15, 0.2) is 36.9 Å². The second kappa shape index (κ2) is 17.6. The number of nitrogens with zero attached hydrogens (tertiary/aromatic N) is 1. The van der Waals surface area contributed by atoms with Crippen molar-refractivity contribution >= 4 is 16.6 Å². The number of hydrogen-bond acceptors (Lipinski definition) is 9. The average molecular weight is 726 g/mol. The summed E-state index contributed by atoms with van der Waals surface area (Å²) in [4.78, 5) is 5.28. The molecule has 1 fully saturated rings. The summed E-state index contributed by atoms with van der Waals surface area (Å²) in [6, 6.07) is 7.89. The molecule has 284 valence electrons. The summed E-state index contributed by atoms with van der Waals surface area (Å²) in [5.41, 5.74) is 0.372. The zero-order valence-electron chi connectivity index (χ0n) is 33.5. The fourth-order valence-corrected chi connectivity index (χ4v) is 8.18. The maximum absolute atomic E-state index is 12.4. The largest absolute Gasteiger partial charge is 0.497 e.